The van der Waals surface area contributed by atoms with Crippen LogP contribution in [0.5, 0.6) is 0 Å². The first-order valence-corrected chi connectivity index (χ1v) is 5.98. The molecular formula is C12H21NO2. The molecule has 3 heteroatoms. The van der Waals surface area contributed by atoms with Gasteiger partial charge in [-0.3, -0.25) is 9.69 Å². The highest BCUT2D eigenvalue weighted by atomic mass is 16.4. The van der Waals surface area contributed by atoms with E-state index in [1.165, 1.54) is 32.1 Å². The smallest absolute Gasteiger partial charge is 0.317 e. The predicted molar refractivity (Wildman–Crippen MR) is 58.8 cm³/mol. The van der Waals surface area contributed by atoms with E-state index in [2.05, 4.69) is 18.7 Å². The van der Waals surface area contributed by atoms with Gasteiger partial charge in [0.2, 0.25) is 0 Å². The van der Waals surface area contributed by atoms with Gasteiger partial charge in [0.15, 0.2) is 0 Å². The van der Waals surface area contributed by atoms with Crippen molar-refractivity contribution in [3.63, 3.8) is 0 Å². The van der Waals surface area contributed by atoms with E-state index in [-0.39, 0.29) is 6.54 Å². The first-order chi connectivity index (χ1) is 7.00. The Hall–Kier alpha value is -0.570. The molecule has 0 aromatic rings. The van der Waals surface area contributed by atoms with Crippen LogP contribution >= 0.6 is 0 Å². The monoisotopic (exact) mass is 211 g/mol. The number of hydrogen-bond acceptors (Lipinski definition) is 2. The number of carbonyl (C=O) groups is 1. The molecule has 1 unspecified atom stereocenters. The average molecular weight is 211 g/mol. The lowest BCUT2D eigenvalue weighted by Crippen LogP contribution is -2.45. The zero-order valence-corrected chi connectivity index (χ0v) is 9.70. The molecule has 0 amide bonds. The number of carboxylic acid groups (broad SMARTS) is 1. The normalized spacial score (nSPS) is 29.7. The molecule has 0 saturated heterocycles. The quantitative estimate of drug-likeness (QED) is 0.774. The summed E-state index contributed by atoms with van der Waals surface area (Å²) in [5.74, 6) is -0.676. The zero-order chi connectivity index (χ0) is 11.1. The summed E-state index contributed by atoms with van der Waals surface area (Å²) in [6.07, 6.45) is 6.05. The summed E-state index contributed by atoms with van der Waals surface area (Å²) in [4.78, 5) is 13.1. The molecule has 0 aromatic carbocycles. The molecule has 0 aromatic heterocycles. The Kier molecular flexibility index (Phi) is 2.75. The Morgan fingerprint density at radius 2 is 2.07 bits per heavy atom. The largest absolute Gasteiger partial charge is 0.480 e. The fourth-order valence-corrected chi connectivity index (χ4v) is 2.98. The maximum atomic E-state index is 10.9. The summed E-state index contributed by atoms with van der Waals surface area (Å²) >= 11 is 0. The van der Waals surface area contributed by atoms with Crippen LogP contribution in [0.4, 0.5) is 0 Å². The van der Waals surface area contributed by atoms with Crippen LogP contribution in [0.25, 0.3) is 0 Å². The van der Waals surface area contributed by atoms with Crippen LogP contribution in [0.15, 0.2) is 0 Å². The Bertz CT molecular complexity index is 258. The lowest BCUT2D eigenvalue weighted by molar-refractivity contribution is -0.139. The summed E-state index contributed by atoms with van der Waals surface area (Å²) in [5, 5.41) is 8.95. The number of carboxylic acids is 1. The molecular weight excluding hydrogens is 190 g/mol. The van der Waals surface area contributed by atoms with E-state index in [9.17, 15) is 4.79 Å². The van der Waals surface area contributed by atoms with Crippen LogP contribution < -0.4 is 0 Å². The van der Waals surface area contributed by atoms with Gasteiger partial charge in [-0.05, 0) is 31.1 Å². The van der Waals surface area contributed by atoms with E-state index in [1.807, 2.05) is 0 Å². The third kappa shape index (κ3) is 2.33. The Balaban J connectivity index is 2.06. The molecule has 1 atom stereocenters. The molecule has 0 aliphatic heterocycles. The van der Waals surface area contributed by atoms with Crippen molar-refractivity contribution in [1.82, 2.24) is 4.90 Å². The van der Waals surface area contributed by atoms with E-state index in [1.54, 1.807) is 0 Å². The molecule has 3 nitrogen and oxygen atoms in total. The maximum Gasteiger partial charge on any atom is 0.317 e. The molecule has 2 saturated carbocycles. The summed E-state index contributed by atoms with van der Waals surface area (Å²) < 4.78 is 0. The Labute approximate surface area is 91.5 Å². The minimum atomic E-state index is -0.676. The van der Waals surface area contributed by atoms with Crippen molar-refractivity contribution in [2.24, 2.45) is 5.41 Å². The van der Waals surface area contributed by atoms with E-state index in [0.717, 1.165) is 0 Å². The lowest BCUT2D eigenvalue weighted by Gasteiger charge is -2.36. The highest BCUT2D eigenvalue weighted by Crippen LogP contribution is 2.44. The SMILES string of the molecule is CC1(C)CCCC1N(CC(=O)O)C1CC1. The van der Waals surface area contributed by atoms with Gasteiger partial charge in [-0.2, -0.15) is 0 Å². The second-order valence-corrected chi connectivity index (χ2v) is 5.69. The van der Waals surface area contributed by atoms with Crippen molar-refractivity contribution in [3.8, 4) is 0 Å². The fraction of sp³-hybridized carbons (Fsp3) is 0.917. The zero-order valence-electron chi connectivity index (χ0n) is 9.70. The van der Waals surface area contributed by atoms with Crippen molar-refractivity contribution in [2.75, 3.05) is 6.54 Å². The van der Waals surface area contributed by atoms with Crippen molar-refractivity contribution in [3.05, 3.63) is 0 Å². The predicted octanol–water partition coefficient (Wildman–Crippen LogP) is 2.11. The second-order valence-electron chi connectivity index (χ2n) is 5.69. The van der Waals surface area contributed by atoms with Gasteiger partial charge in [0, 0.05) is 12.1 Å². The van der Waals surface area contributed by atoms with Crippen molar-refractivity contribution >= 4 is 5.97 Å². The van der Waals surface area contributed by atoms with Gasteiger partial charge in [0.05, 0.1) is 6.54 Å². The third-order valence-corrected chi connectivity index (χ3v) is 3.93. The van der Waals surface area contributed by atoms with Crippen molar-refractivity contribution < 1.29 is 9.90 Å². The van der Waals surface area contributed by atoms with Gasteiger partial charge in [-0.15, -0.1) is 0 Å². The molecule has 0 heterocycles. The van der Waals surface area contributed by atoms with Crippen LogP contribution in [-0.4, -0.2) is 34.6 Å². The van der Waals surface area contributed by atoms with E-state index in [4.69, 9.17) is 5.11 Å². The fourth-order valence-electron chi connectivity index (χ4n) is 2.98. The van der Waals surface area contributed by atoms with E-state index >= 15 is 0 Å². The molecule has 15 heavy (non-hydrogen) atoms. The molecule has 0 radical (unpaired) electrons. The van der Waals surface area contributed by atoms with Gasteiger partial charge >= 0.3 is 5.97 Å². The van der Waals surface area contributed by atoms with Gasteiger partial charge in [0.25, 0.3) is 0 Å². The van der Waals surface area contributed by atoms with E-state index < -0.39 is 5.97 Å². The molecule has 1 N–H and O–H groups in total. The number of aliphatic carboxylic acids is 1. The molecule has 0 bridgehead atoms. The Morgan fingerprint density at radius 3 is 2.47 bits per heavy atom. The number of hydrogen-bond donors (Lipinski definition) is 1. The molecule has 0 spiro atoms. The first-order valence-electron chi connectivity index (χ1n) is 5.98. The van der Waals surface area contributed by atoms with Gasteiger partial charge < -0.3 is 5.11 Å². The molecule has 2 aliphatic carbocycles. The van der Waals surface area contributed by atoms with Crippen molar-refractivity contribution in [1.29, 1.82) is 0 Å². The lowest BCUT2D eigenvalue weighted by atomic mass is 9.86. The third-order valence-electron chi connectivity index (χ3n) is 3.93. The number of nitrogens with zero attached hydrogens (tertiary/aromatic N) is 1. The minimum absolute atomic E-state index is 0.235. The molecule has 2 fully saturated rings. The second kappa shape index (κ2) is 3.78. The van der Waals surface area contributed by atoms with Crippen molar-refractivity contribution in [2.45, 2.75) is 58.0 Å². The van der Waals surface area contributed by atoms with Crippen LogP contribution in [0.1, 0.15) is 46.0 Å². The van der Waals surface area contributed by atoms with Crippen LogP contribution in [0, 0.1) is 5.41 Å². The maximum absolute atomic E-state index is 10.9. The first kappa shape index (κ1) is 10.9. The van der Waals surface area contributed by atoms with Gasteiger partial charge in [-0.1, -0.05) is 20.3 Å². The minimum Gasteiger partial charge on any atom is -0.480 e. The van der Waals surface area contributed by atoms with Crippen LogP contribution in [0.3, 0.4) is 0 Å². The van der Waals surface area contributed by atoms with Gasteiger partial charge in [0.1, 0.15) is 0 Å². The number of rotatable bonds is 4. The molecule has 2 rings (SSSR count). The summed E-state index contributed by atoms with van der Waals surface area (Å²) in [5.41, 5.74) is 0.304. The van der Waals surface area contributed by atoms with Crippen LogP contribution in [0.2, 0.25) is 0 Å². The standard InChI is InChI=1S/C12H21NO2/c1-12(2)7-3-4-10(12)13(8-11(14)15)9-5-6-9/h9-10H,3-8H2,1-2H3,(H,14,15). The highest BCUT2D eigenvalue weighted by Gasteiger charge is 2.44. The summed E-state index contributed by atoms with van der Waals surface area (Å²) in [6, 6.07) is 1.05. The van der Waals surface area contributed by atoms with E-state index in [0.29, 0.717) is 17.5 Å². The van der Waals surface area contributed by atoms with Gasteiger partial charge in [-0.25, -0.2) is 0 Å². The van der Waals surface area contributed by atoms with Crippen LogP contribution in [-0.2, 0) is 4.79 Å². The Morgan fingerprint density at radius 1 is 1.40 bits per heavy atom. The summed E-state index contributed by atoms with van der Waals surface area (Å²) in [6.45, 7) is 4.79. The molecule has 2 aliphatic rings. The average Bonchev–Trinajstić information content (AvgIpc) is 2.87. The molecule has 86 valence electrons. The summed E-state index contributed by atoms with van der Waals surface area (Å²) in [7, 11) is 0. The highest BCUT2D eigenvalue weighted by molar-refractivity contribution is 5.69. The topological polar surface area (TPSA) is 40.5 Å².